The molecule has 1 aromatic heterocycles. The summed E-state index contributed by atoms with van der Waals surface area (Å²) >= 11 is 0. The van der Waals surface area contributed by atoms with Crippen molar-refractivity contribution in [3.05, 3.63) is 11.7 Å². The summed E-state index contributed by atoms with van der Waals surface area (Å²) in [6.07, 6.45) is 3.86. The first-order valence-electron chi connectivity index (χ1n) is 8.33. The van der Waals surface area contributed by atoms with Gasteiger partial charge in [-0.25, -0.2) is 0 Å². The van der Waals surface area contributed by atoms with Gasteiger partial charge in [-0.3, -0.25) is 4.90 Å². The van der Waals surface area contributed by atoms with E-state index in [9.17, 15) is 0 Å². The van der Waals surface area contributed by atoms with Gasteiger partial charge < -0.3 is 9.84 Å². The lowest BCUT2D eigenvalue weighted by Crippen LogP contribution is -2.45. The van der Waals surface area contributed by atoms with Gasteiger partial charge in [0.1, 0.15) is 0 Å². The van der Waals surface area contributed by atoms with E-state index >= 15 is 0 Å². The zero-order valence-corrected chi connectivity index (χ0v) is 13.9. The SMILES string of the molecule is CC(C)CNCC1CCCCN1Cc1noc(C(C)C)n1. The molecule has 1 saturated heterocycles. The molecule has 1 aliphatic rings. The molecule has 1 N–H and O–H groups in total. The van der Waals surface area contributed by atoms with Crippen LogP contribution in [0.2, 0.25) is 0 Å². The summed E-state index contributed by atoms with van der Waals surface area (Å²) in [5.41, 5.74) is 0. The minimum absolute atomic E-state index is 0.302. The molecule has 1 aliphatic heterocycles. The van der Waals surface area contributed by atoms with Crippen LogP contribution in [0.4, 0.5) is 0 Å². The van der Waals surface area contributed by atoms with Crippen molar-refractivity contribution in [2.24, 2.45) is 5.92 Å². The Kier molecular flexibility index (Phi) is 6.18. The first-order chi connectivity index (χ1) is 10.1. The van der Waals surface area contributed by atoms with Crippen LogP contribution in [0.25, 0.3) is 0 Å². The maximum absolute atomic E-state index is 5.31. The molecular weight excluding hydrogens is 264 g/mol. The van der Waals surface area contributed by atoms with Gasteiger partial charge in [-0.1, -0.05) is 39.3 Å². The number of aromatic nitrogens is 2. The van der Waals surface area contributed by atoms with Crippen molar-refractivity contribution in [1.82, 2.24) is 20.4 Å². The molecular formula is C16H30N4O. The van der Waals surface area contributed by atoms with Crippen molar-refractivity contribution in [2.45, 2.75) is 65.5 Å². The van der Waals surface area contributed by atoms with Crippen LogP contribution in [0.3, 0.4) is 0 Å². The van der Waals surface area contributed by atoms with E-state index < -0.39 is 0 Å². The molecule has 120 valence electrons. The number of likely N-dealkylation sites (tertiary alicyclic amines) is 1. The number of hydrogen-bond acceptors (Lipinski definition) is 5. The Hall–Kier alpha value is -0.940. The Balaban J connectivity index is 1.88. The molecule has 1 aromatic rings. The molecule has 0 amide bonds. The molecule has 5 heteroatoms. The molecule has 5 nitrogen and oxygen atoms in total. The molecule has 2 rings (SSSR count). The Morgan fingerprint density at radius 2 is 2.10 bits per heavy atom. The zero-order valence-electron chi connectivity index (χ0n) is 13.9. The number of hydrogen-bond donors (Lipinski definition) is 1. The average Bonchev–Trinajstić information content (AvgIpc) is 2.89. The summed E-state index contributed by atoms with van der Waals surface area (Å²) in [6, 6.07) is 0.596. The molecule has 0 bridgehead atoms. The maximum atomic E-state index is 5.31. The van der Waals surface area contributed by atoms with Gasteiger partial charge in [0.15, 0.2) is 5.82 Å². The third-order valence-corrected chi connectivity index (χ3v) is 4.00. The normalized spacial score (nSPS) is 20.6. The van der Waals surface area contributed by atoms with E-state index in [1.54, 1.807) is 0 Å². The predicted molar refractivity (Wildman–Crippen MR) is 84.1 cm³/mol. The fraction of sp³-hybridized carbons (Fsp3) is 0.875. The van der Waals surface area contributed by atoms with Gasteiger partial charge in [-0.05, 0) is 31.8 Å². The highest BCUT2D eigenvalue weighted by atomic mass is 16.5. The van der Waals surface area contributed by atoms with Gasteiger partial charge in [0.05, 0.1) is 6.54 Å². The molecule has 1 atom stereocenters. The second-order valence-corrected chi connectivity index (χ2v) is 6.88. The van der Waals surface area contributed by atoms with Crippen LogP contribution < -0.4 is 5.32 Å². The number of nitrogens with zero attached hydrogens (tertiary/aromatic N) is 3. The van der Waals surface area contributed by atoms with E-state index in [1.807, 2.05) is 0 Å². The fourth-order valence-corrected chi connectivity index (χ4v) is 2.79. The second kappa shape index (κ2) is 7.90. The lowest BCUT2D eigenvalue weighted by molar-refractivity contribution is 0.132. The van der Waals surface area contributed by atoms with Crippen LogP contribution in [0.5, 0.6) is 0 Å². The summed E-state index contributed by atoms with van der Waals surface area (Å²) in [5, 5.41) is 7.71. The van der Waals surface area contributed by atoms with E-state index in [1.165, 1.54) is 19.3 Å². The molecule has 1 unspecified atom stereocenters. The fourth-order valence-electron chi connectivity index (χ4n) is 2.79. The van der Waals surface area contributed by atoms with E-state index in [-0.39, 0.29) is 0 Å². The van der Waals surface area contributed by atoms with Crippen LogP contribution in [0, 0.1) is 5.92 Å². The lowest BCUT2D eigenvalue weighted by Gasteiger charge is -2.35. The Labute approximate surface area is 128 Å². The van der Waals surface area contributed by atoms with Crippen LogP contribution in [-0.4, -0.2) is 40.7 Å². The van der Waals surface area contributed by atoms with Crippen LogP contribution in [0.1, 0.15) is 64.6 Å². The second-order valence-electron chi connectivity index (χ2n) is 6.88. The first kappa shape index (κ1) is 16.4. The van der Waals surface area contributed by atoms with Crippen molar-refractivity contribution in [1.29, 1.82) is 0 Å². The summed E-state index contributed by atoms with van der Waals surface area (Å²) < 4.78 is 5.31. The molecule has 1 fully saturated rings. The van der Waals surface area contributed by atoms with Crippen molar-refractivity contribution in [3.63, 3.8) is 0 Å². The summed E-state index contributed by atoms with van der Waals surface area (Å²) in [4.78, 5) is 7.01. The van der Waals surface area contributed by atoms with Crippen molar-refractivity contribution in [3.8, 4) is 0 Å². The number of piperidine rings is 1. The average molecular weight is 294 g/mol. The molecule has 21 heavy (non-hydrogen) atoms. The number of nitrogens with one attached hydrogen (secondary N) is 1. The highest BCUT2D eigenvalue weighted by Gasteiger charge is 2.24. The van der Waals surface area contributed by atoms with Crippen LogP contribution in [0.15, 0.2) is 4.52 Å². The summed E-state index contributed by atoms with van der Waals surface area (Å²) in [5.74, 6) is 2.58. The van der Waals surface area contributed by atoms with Crippen molar-refractivity contribution >= 4 is 0 Å². The van der Waals surface area contributed by atoms with Gasteiger partial charge >= 0.3 is 0 Å². The van der Waals surface area contributed by atoms with Gasteiger partial charge in [0.2, 0.25) is 5.89 Å². The molecule has 2 heterocycles. The topological polar surface area (TPSA) is 54.2 Å². The van der Waals surface area contributed by atoms with E-state index in [2.05, 4.69) is 48.1 Å². The van der Waals surface area contributed by atoms with E-state index in [4.69, 9.17) is 4.52 Å². The highest BCUT2D eigenvalue weighted by Crippen LogP contribution is 2.19. The van der Waals surface area contributed by atoms with Gasteiger partial charge in [0.25, 0.3) is 0 Å². The maximum Gasteiger partial charge on any atom is 0.229 e. The van der Waals surface area contributed by atoms with Crippen LogP contribution in [-0.2, 0) is 6.54 Å². The monoisotopic (exact) mass is 294 g/mol. The Bertz CT molecular complexity index is 416. The third-order valence-electron chi connectivity index (χ3n) is 4.00. The molecule has 0 aromatic carbocycles. The minimum atomic E-state index is 0.302. The summed E-state index contributed by atoms with van der Waals surface area (Å²) in [7, 11) is 0. The zero-order chi connectivity index (χ0) is 15.2. The molecule has 0 radical (unpaired) electrons. The standard InChI is InChI=1S/C16H30N4O/c1-12(2)9-17-10-14-7-5-6-8-20(14)11-15-18-16(13(3)4)21-19-15/h12-14,17H,5-11H2,1-4H3. The van der Waals surface area contributed by atoms with Gasteiger partial charge in [0, 0.05) is 18.5 Å². The van der Waals surface area contributed by atoms with Crippen molar-refractivity contribution in [2.75, 3.05) is 19.6 Å². The van der Waals surface area contributed by atoms with E-state index in [0.717, 1.165) is 37.9 Å². The number of rotatable bonds is 7. The Morgan fingerprint density at radius 1 is 1.29 bits per heavy atom. The van der Waals surface area contributed by atoms with Gasteiger partial charge in [-0.15, -0.1) is 0 Å². The quantitative estimate of drug-likeness (QED) is 0.838. The van der Waals surface area contributed by atoms with Crippen molar-refractivity contribution < 1.29 is 4.52 Å². The van der Waals surface area contributed by atoms with Crippen LogP contribution >= 0.6 is 0 Å². The molecule has 0 saturated carbocycles. The minimum Gasteiger partial charge on any atom is -0.339 e. The molecule has 0 spiro atoms. The predicted octanol–water partition coefficient (Wildman–Crippen LogP) is 2.79. The lowest BCUT2D eigenvalue weighted by atomic mass is 10.0. The Morgan fingerprint density at radius 3 is 2.76 bits per heavy atom. The third kappa shape index (κ3) is 5.08. The first-order valence-corrected chi connectivity index (χ1v) is 8.33. The smallest absolute Gasteiger partial charge is 0.229 e. The highest BCUT2D eigenvalue weighted by molar-refractivity contribution is 4.92. The van der Waals surface area contributed by atoms with Gasteiger partial charge in [-0.2, -0.15) is 4.98 Å². The molecule has 0 aliphatic carbocycles. The largest absolute Gasteiger partial charge is 0.339 e. The summed E-state index contributed by atoms with van der Waals surface area (Å²) in [6.45, 7) is 12.8. The van der Waals surface area contributed by atoms with E-state index in [0.29, 0.717) is 17.9 Å².